The first-order chi connectivity index (χ1) is 10.2. The largest absolute Gasteiger partial charge is 0.372 e. The molecular weight excluding hydrogens is 288 g/mol. The summed E-state index contributed by atoms with van der Waals surface area (Å²) in [6.45, 7) is 5.58. The van der Waals surface area contributed by atoms with Crippen molar-refractivity contribution in [3.8, 4) is 0 Å². The van der Waals surface area contributed by atoms with E-state index in [-0.39, 0.29) is 18.6 Å². The highest BCUT2D eigenvalue weighted by molar-refractivity contribution is 6.30. The second kappa shape index (κ2) is 8.37. The molecule has 0 radical (unpaired) electrons. The molecule has 2 rings (SSSR count). The van der Waals surface area contributed by atoms with Gasteiger partial charge in [-0.25, -0.2) is 0 Å². The molecule has 0 spiro atoms. The van der Waals surface area contributed by atoms with Crippen molar-refractivity contribution in [2.45, 2.75) is 32.4 Å². The van der Waals surface area contributed by atoms with Crippen molar-refractivity contribution < 1.29 is 9.53 Å². The van der Waals surface area contributed by atoms with E-state index in [9.17, 15) is 4.79 Å². The van der Waals surface area contributed by atoms with Crippen LogP contribution in [-0.2, 0) is 16.1 Å². The number of hydrogen-bond acceptors (Lipinski definition) is 3. The first-order valence-corrected chi connectivity index (χ1v) is 7.89. The van der Waals surface area contributed by atoms with E-state index in [1.165, 1.54) is 5.56 Å². The Bertz CT molecular complexity index is 442. The van der Waals surface area contributed by atoms with Crippen LogP contribution in [0.5, 0.6) is 0 Å². The van der Waals surface area contributed by atoms with E-state index in [0.717, 1.165) is 37.5 Å². The summed E-state index contributed by atoms with van der Waals surface area (Å²) in [5.41, 5.74) is 1.28. The summed E-state index contributed by atoms with van der Waals surface area (Å²) >= 11 is 5.89. The number of halogens is 1. The third-order valence-corrected chi connectivity index (χ3v) is 3.96. The molecule has 1 aromatic rings. The minimum absolute atomic E-state index is 0.00648. The SMILES string of the molecule is CCOCC(=O)NC1CCN(Cc2ccc(Cl)cc2)CC1. The molecule has 1 aliphatic rings. The number of carbonyl (C=O) groups is 1. The minimum atomic E-state index is -0.00648. The maximum absolute atomic E-state index is 11.6. The molecular formula is C16H23ClN2O2. The highest BCUT2D eigenvalue weighted by Gasteiger charge is 2.20. The Hall–Kier alpha value is -1.10. The maximum atomic E-state index is 11.6. The second-order valence-corrected chi connectivity index (χ2v) is 5.82. The number of amides is 1. The average molecular weight is 311 g/mol. The number of ether oxygens (including phenoxy) is 1. The zero-order chi connectivity index (χ0) is 15.1. The molecule has 21 heavy (non-hydrogen) atoms. The lowest BCUT2D eigenvalue weighted by Gasteiger charge is -2.32. The van der Waals surface area contributed by atoms with Crippen LogP contribution in [0.15, 0.2) is 24.3 Å². The van der Waals surface area contributed by atoms with Crippen molar-refractivity contribution in [1.29, 1.82) is 0 Å². The number of benzene rings is 1. The van der Waals surface area contributed by atoms with Crippen molar-refractivity contribution >= 4 is 17.5 Å². The standard InChI is InChI=1S/C16H23ClN2O2/c1-2-21-12-16(20)18-15-7-9-19(10-8-15)11-13-3-5-14(17)6-4-13/h3-6,15H,2,7-12H2,1H3,(H,18,20). The maximum Gasteiger partial charge on any atom is 0.246 e. The Balaban J connectivity index is 1.70. The average Bonchev–Trinajstić information content (AvgIpc) is 2.49. The van der Waals surface area contributed by atoms with Gasteiger partial charge in [-0.2, -0.15) is 0 Å². The molecule has 1 amide bonds. The van der Waals surface area contributed by atoms with Crippen LogP contribution in [0.2, 0.25) is 5.02 Å². The number of hydrogen-bond donors (Lipinski definition) is 1. The summed E-state index contributed by atoms with van der Waals surface area (Å²) in [6, 6.07) is 8.27. The highest BCUT2D eigenvalue weighted by Crippen LogP contribution is 2.15. The van der Waals surface area contributed by atoms with Crippen molar-refractivity contribution in [2.24, 2.45) is 0 Å². The molecule has 1 N–H and O–H groups in total. The highest BCUT2D eigenvalue weighted by atomic mass is 35.5. The fourth-order valence-electron chi connectivity index (χ4n) is 2.55. The number of rotatable bonds is 6. The summed E-state index contributed by atoms with van der Waals surface area (Å²) < 4.78 is 5.11. The number of nitrogens with zero attached hydrogens (tertiary/aromatic N) is 1. The molecule has 0 aliphatic carbocycles. The Morgan fingerprint density at radius 3 is 2.62 bits per heavy atom. The van der Waals surface area contributed by atoms with Crippen LogP contribution in [0.1, 0.15) is 25.3 Å². The molecule has 0 unspecified atom stereocenters. The third kappa shape index (κ3) is 5.65. The van der Waals surface area contributed by atoms with Gasteiger partial charge >= 0.3 is 0 Å². The van der Waals surface area contributed by atoms with Gasteiger partial charge in [-0.3, -0.25) is 9.69 Å². The summed E-state index contributed by atoms with van der Waals surface area (Å²) in [4.78, 5) is 14.0. The van der Waals surface area contributed by atoms with Crippen LogP contribution < -0.4 is 5.32 Å². The third-order valence-electron chi connectivity index (χ3n) is 3.71. The monoisotopic (exact) mass is 310 g/mol. The Kier molecular flexibility index (Phi) is 6.49. The quantitative estimate of drug-likeness (QED) is 0.877. The van der Waals surface area contributed by atoms with E-state index >= 15 is 0 Å². The summed E-state index contributed by atoms with van der Waals surface area (Å²) in [5, 5.41) is 3.81. The summed E-state index contributed by atoms with van der Waals surface area (Å²) in [5.74, 6) is -0.00648. The number of nitrogens with one attached hydrogen (secondary N) is 1. The lowest BCUT2D eigenvalue weighted by Crippen LogP contribution is -2.45. The molecule has 0 aromatic heterocycles. The normalized spacial score (nSPS) is 16.9. The first-order valence-electron chi connectivity index (χ1n) is 7.51. The van der Waals surface area contributed by atoms with E-state index in [0.29, 0.717) is 6.61 Å². The van der Waals surface area contributed by atoms with Gasteiger partial charge in [0, 0.05) is 37.3 Å². The number of carbonyl (C=O) groups excluding carboxylic acids is 1. The van der Waals surface area contributed by atoms with E-state index in [1.807, 2.05) is 19.1 Å². The second-order valence-electron chi connectivity index (χ2n) is 5.38. The van der Waals surface area contributed by atoms with Crippen molar-refractivity contribution in [3.05, 3.63) is 34.9 Å². The van der Waals surface area contributed by atoms with Gasteiger partial charge in [-0.15, -0.1) is 0 Å². The lowest BCUT2D eigenvalue weighted by molar-refractivity contribution is -0.126. The Morgan fingerprint density at radius 1 is 1.33 bits per heavy atom. The molecule has 1 aliphatic heterocycles. The molecule has 1 saturated heterocycles. The Morgan fingerprint density at radius 2 is 2.00 bits per heavy atom. The van der Waals surface area contributed by atoms with Gasteiger partial charge in [0.25, 0.3) is 0 Å². The van der Waals surface area contributed by atoms with Crippen molar-refractivity contribution in [3.63, 3.8) is 0 Å². The van der Waals surface area contributed by atoms with Gasteiger partial charge in [0.1, 0.15) is 6.61 Å². The van der Waals surface area contributed by atoms with Crippen LogP contribution in [0.4, 0.5) is 0 Å². The van der Waals surface area contributed by atoms with Crippen molar-refractivity contribution in [2.75, 3.05) is 26.3 Å². The minimum Gasteiger partial charge on any atom is -0.372 e. The van der Waals surface area contributed by atoms with Crippen molar-refractivity contribution in [1.82, 2.24) is 10.2 Å². The molecule has 1 heterocycles. The molecule has 0 saturated carbocycles. The fourth-order valence-corrected chi connectivity index (χ4v) is 2.67. The molecule has 4 nitrogen and oxygen atoms in total. The van der Waals surface area contributed by atoms with Crippen LogP contribution in [-0.4, -0.2) is 43.2 Å². The molecule has 0 bridgehead atoms. The van der Waals surface area contributed by atoms with Gasteiger partial charge in [-0.05, 0) is 37.5 Å². The first kappa shape index (κ1) is 16.3. The zero-order valence-electron chi connectivity index (χ0n) is 12.5. The predicted octanol–water partition coefficient (Wildman–Crippen LogP) is 2.46. The Labute approximate surface area is 131 Å². The molecule has 0 atom stereocenters. The van der Waals surface area contributed by atoms with Gasteiger partial charge in [0.05, 0.1) is 0 Å². The molecule has 1 aromatic carbocycles. The van der Waals surface area contributed by atoms with Crippen LogP contribution in [0, 0.1) is 0 Å². The number of piperidine rings is 1. The topological polar surface area (TPSA) is 41.6 Å². The fraction of sp³-hybridized carbons (Fsp3) is 0.562. The van der Waals surface area contributed by atoms with Crippen LogP contribution in [0.3, 0.4) is 0 Å². The number of likely N-dealkylation sites (tertiary alicyclic amines) is 1. The zero-order valence-corrected chi connectivity index (χ0v) is 13.2. The van der Waals surface area contributed by atoms with E-state index < -0.39 is 0 Å². The van der Waals surface area contributed by atoms with Crippen LogP contribution in [0.25, 0.3) is 0 Å². The summed E-state index contributed by atoms with van der Waals surface area (Å²) in [6.07, 6.45) is 1.98. The lowest BCUT2D eigenvalue weighted by atomic mass is 10.0. The smallest absolute Gasteiger partial charge is 0.246 e. The summed E-state index contributed by atoms with van der Waals surface area (Å²) in [7, 11) is 0. The van der Waals surface area contributed by atoms with E-state index in [2.05, 4.69) is 22.3 Å². The van der Waals surface area contributed by atoms with Gasteiger partial charge < -0.3 is 10.1 Å². The van der Waals surface area contributed by atoms with Gasteiger partial charge in [0.2, 0.25) is 5.91 Å². The predicted molar refractivity (Wildman–Crippen MR) is 84.4 cm³/mol. The van der Waals surface area contributed by atoms with Gasteiger partial charge in [0.15, 0.2) is 0 Å². The van der Waals surface area contributed by atoms with Crippen LogP contribution >= 0.6 is 11.6 Å². The van der Waals surface area contributed by atoms with E-state index in [1.54, 1.807) is 0 Å². The van der Waals surface area contributed by atoms with E-state index in [4.69, 9.17) is 16.3 Å². The molecule has 1 fully saturated rings. The molecule has 5 heteroatoms. The van der Waals surface area contributed by atoms with Gasteiger partial charge in [-0.1, -0.05) is 23.7 Å². The molecule has 116 valence electrons.